The molecule has 1 aromatic carbocycles. The number of rotatable bonds is 8. The van der Waals surface area contributed by atoms with Crippen molar-refractivity contribution >= 4 is 11.6 Å². The van der Waals surface area contributed by atoms with Crippen molar-refractivity contribution < 1.29 is 5.11 Å². The molecule has 1 aromatic rings. The molecule has 0 aliphatic rings. The predicted octanol–water partition coefficient (Wildman–Crippen LogP) is 5.34. The average Bonchev–Trinajstić information content (AvgIpc) is 2.32. The zero-order valence-electron chi connectivity index (χ0n) is 10.7. The lowest BCUT2D eigenvalue weighted by Gasteiger charge is -2.04. The van der Waals surface area contributed by atoms with Crippen LogP contribution in [0.1, 0.15) is 57.4 Å². The highest BCUT2D eigenvalue weighted by Crippen LogP contribution is 2.24. The number of unbranched alkanes of at least 4 members (excludes halogenated alkanes) is 6. The molecule has 0 saturated carbocycles. The van der Waals surface area contributed by atoms with Gasteiger partial charge in [-0.3, -0.25) is 0 Å². The lowest BCUT2D eigenvalue weighted by Crippen LogP contribution is -1.86. The number of aryl methyl sites for hydroxylation is 1. The summed E-state index contributed by atoms with van der Waals surface area (Å²) in [6, 6.07) is 5.51. The molecule has 0 bridgehead atoms. The molecule has 0 amide bonds. The van der Waals surface area contributed by atoms with E-state index in [4.69, 9.17) is 11.6 Å². The van der Waals surface area contributed by atoms with Crippen LogP contribution >= 0.6 is 11.6 Å². The van der Waals surface area contributed by atoms with Crippen LogP contribution < -0.4 is 0 Å². The maximum atomic E-state index is 9.30. The van der Waals surface area contributed by atoms with Gasteiger partial charge in [-0.25, -0.2) is 0 Å². The van der Waals surface area contributed by atoms with Crippen molar-refractivity contribution in [2.45, 2.75) is 58.3 Å². The molecule has 0 fully saturated rings. The van der Waals surface area contributed by atoms with Crippen molar-refractivity contribution in [1.29, 1.82) is 0 Å². The van der Waals surface area contributed by atoms with Gasteiger partial charge in [0, 0.05) is 0 Å². The number of phenolic OH excluding ortho intramolecular Hbond substituents is 1. The Balaban J connectivity index is 2.11. The molecule has 0 radical (unpaired) electrons. The molecule has 0 spiro atoms. The van der Waals surface area contributed by atoms with Crippen LogP contribution in [0.2, 0.25) is 5.02 Å². The van der Waals surface area contributed by atoms with Gasteiger partial charge < -0.3 is 5.11 Å². The number of phenols is 1. The SMILES string of the molecule is CCCCCCCCCc1ccc(O)c(Cl)c1. The highest BCUT2D eigenvalue weighted by molar-refractivity contribution is 6.32. The maximum absolute atomic E-state index is 9.30. The van der Waals surface area contributed by atoms with Crippen LogP contribution in [0.5, 0.6) is 5.75 Å². The number of benzene rings is 1. The third-order valence-corrected chi connectivity index (χ3v) is 3.38. The fourth-order valence-corrected chi connectivity index (χ4v) is 2.20. The van der Waals surface area contributed by atoms with Crippen molar-refractivity contribution in [1.82, 2.24) is 0 Å². The molecule has 0 saturated heterocycles. The van der Waals surface area contributed by atoms with Crippen LogP contribution in [-0.4, -0.2) is 5.11 Å². The summed E-state index contributed by atoms with van der Waals surface area (Å²) >= 11 is 5.86. The van der Waals surface area contributed by atoms with E-state index >= 15 is 0 Å². The van der Waals surface area contributed by atoms with E-state index in [0.29, 0.717) is 5.02 Å². The van der Waals surface area contributed by atoms with Crippen LogP contribution in [0.4, 0.5) is 0 Å². The van der Waals surface area contributed by atoms with E-state index in [1.54, 1.807) is 6.07 Å². The maximum Gasteiger partial charge on any atom is 0.134 e. The lowest BCUT2D eigenvalue weighted by atomic mass is 10.0. The Kier molecular flexibility index (Phi) is 7.11. The van der Waals surface area contributed by atoms with Gasteiger partial charge >= 0.3 is 0 Å². The van der Waals surface area contributed by atoms with Gasteiger partial charge in [-0.1, -0.05) is 63.1 Å². The normalized spacial score (nSPS) is 10.7. The Labute approximate surface area is 110 Å². The first-order chi connectivity index (χ1) is 8.24. The number of hydrogen-bond acceptors (Lipinski definition) is 1. The van der Waals surface area contributed by atoms with E-state index in [9.17, 15) is 5.11 Å². The minimum absolute atomic E-state index is 0.176. The summed E-state index contributed by atoms with van der Waals surface area (Å²) in [5, 5.41) is 9.77. The first kappa shape index (κ1) is 14.4. The summed E-state index contributed by atoms with van der Waals surface area (Å²) in [5.41, 5.74) is 1.22. The second kappa shape index (κ2) is 8.41. The van der Waals surface area contributed by atoms with Crippen LogP contribution in [0.25, 0.3) is 0 Å². The summed E-state index contributed by atoms with van der Waals surface area (Å²) in [5.74, 6) is 0.176. The predicted molar refractivity (Wildman–Crippen MR) is 74.8 cm³/mol. The van der Waals surface area contributed by atoms with Gasteiger partial charge in [-0.2, -0.15) is 0 Å². The summed E-state index contributed by atoms with van der Waals surface area (Å²) in [6.45, 7) is 2.24. The van der Waals surface area contributed by atoms with E-state index in [-0.39, 0.29) is 5.75 Å². The molecule has 0 aromatic heterocycles. The van der Waals surface area contributed by atoms with Gasteiger partial charge in [0.05, 0.1) is 5.02 Å². The Morgan fingerprint density at radius 2 is 1.65 bits per heavy atom. The van der Waals surface area contributed by atoms with E-state index < -0.39 is 0 Å². The first-order valence-electron chi connectivity index (χ1n) is 6.71. The molecular formula is C15H23ClO. The molecule has 2 heteroatoms. The zero-order valence-corrected chi connectivity index (χ0v) is 11.5. The molecule has 0 aliphatic heterocycles. The smallest absolute Gasteiger partial charge is 0.134 e. The molecule has 0 unspecified atom stereocenters. The van der Waals surface area contributed by atoms with Crippen molar-refractivity contribution in [2.75, 3.05) is 0 Å². The van der Waals surface area contributed by atoms with Gasteiger partial charge in [-0.05, 0) is 30.5 Å². The standard InChI is InChI=1S/C15H23ClO/c1-2-3-4-5-6-7-8-9-13-10-11-15(17)14(16)12-13/h10-12,17H,2-9H2,1H3. The molecular weight excluding hydrogens is 232 g/mol. The lowest BCUT2D eigenvalue weighted by molar-refractivity contribution is 0.475. The van der Waals surface area contributed by atoms with E-state index in [2.05, 4.69) is 6.92 Å². The van der Waals surface area contributed by atoms with E-state index in [0.717, 1.165) is 6.42 Å². The van der Waals surface area contributed by atoms with Gasteiger partial charge in [0.15, 0.2) is 0 Å². The third-order valence-electron chi connectivity index (χ3n) is 3.08. The van der Waals surface area contributed by atoms with E-state index in [1.165, 1.54) is 50.5 Å². The molecule has 0 atom stereocenters. The molecule has 96 valence electrons. The fourth-order valence-electron chi connectivity index (χ4n) is 1.99. The molecule has 0 aliphatic carbocycles. The fraction of sp³-hybridized carbons (Fsp3) is 0.600. The van der Waals surface area contributed by atoms with Crippen LogP contribution in [0.3, 0.4) is 0 Å². The Morgan fingerprint density at radius 3 is 2.29 bits per heavy atom. The average molecular weight is 255 g/mol. The highest BCUT2D eigenvalue weighted by atomic mass is 35.5. The topological polar surface area (TPSA) is 20.2 Å². The van der Waals surface area contributed by atoms with Gasteiger partial charge in [0.25, 0.3) is 0 Å². The van der Waals surface area contributed by atoms with Gasteiger partial charge in [0.2, 0.25) is 0 Å². The van der Waals surface area contributed by atoms with E-state index in [1.807, 2.05) is 12.1 Å². The molecule has 1 rings (SSSR count). The van der Waals surface area contributed by atoms with Crippen molar-refractivity contribution in [3.63, 3.8) is 0 Å². The van der Waals surface area contributed by atoms with Crippen molar-refractivity contribution in [3.05, 3.63) is 28.8 Å². The largest absolute Gasteiger partial charge is 0.506 e. The minimum atomic E-state index is 0.176. The van der Waals surface area contributed by atoms with Crippen LogP contribution in [-0.2, 0) is 6.42 Å². The Bertz CT molecular complexity index is 323. The van der Waals surface area contributed by atoms with Gasteiger partial charge in [-0.15, -0.1) is 0 Å². The number of hydrogen-bond donors (Lipinski definition) is 1. The van der Waals surface area contributed by atoms with Gasteiger partial charge in [0.1, 0.15) is 5.75 Å². The monoisotopic (exact) mass is 254 g/mol. The number of aromatic hydroxyl groups is 1. The summed E-state index contributed by atoms with van der Waals surface area (Å²) in [7, 11) is 0. The van der Waals surface area contributed by atoms with Crippen LogP contribution in [0, 0.1) is 0 Å². The first-order valence-corrected chi connectivity index (χ1v) is 7.09. The summed E-state index contributed by atoms with van der Waals surface area (Å²) < 4.78 is 0. The zero-order chi connectivity index (χ0) is 12.5. The Hall–Kier alpha value is -0.690. The summed E-state index contributed by atoms with van der Waals surface area (Å²) in [6.07, 6.45) is 10.3. The van der Waals surface area contributed by atoms with Crippen molar-refractivity contribution in [2.24, 2.45) is 0 Å². The molecule has 1 N–H and O–H groups in total. The summed E-state index contributed by atoms with van der Waals surface area (Å²) in [4.78, 5) is 0. The molecule has 17 heavy (non-hydrogen) atoms. The third kappa shape index (κ3) is 5.97. The molecule has 1 nitrogen and oxygen atoms in total. The van der Waals surface area contributed by atoms with Crippen LogP contribution in [0.15, 0.2) is 18.2 Å². The minimum Gasteiger partial charge on any atom is -0.506 e. The quantitative estimate of drug-likeness (QED) is 0.621. The highest BCUT2D eigenvalue weighted by Gasteiger charge is 1.99. The second-order valence-corrected chi connectivity index (χ2v) is 5.06. The molecule has 0 heterocycles. The second-order valence-electron chi connectivity index (χ2n) is 4.66. The van der Waals surface area contributed by atoms with Crippen molar-refractivity contribution in [3.8, 4) is 5.75 Å². The Morgan fingerprint density at radius 1 is 1.00 bits per heavy atom. The number of halogens is 1.